The van der Waals surface area contributed by atoms with Gasteiger partial charge in [0.05, 0.1) is 19.1 Å². The van der Waals surface area contributed by atoms with Crippen LogP contribution in [-0.2, 0) is 33.8 Å². The monoisotopic (exact) mass is 522 g/mol. The predicted octanol–water partition coefficient (Wildman–Crippen LogP) is -1.69. The van der Waals surface area contributed by atoms with Gasteiger partial charge >= 0.3 is 17.9 Å². The zero-order valence-corrected chi connectivity index (χ0v) is 21.0. The zero-order chi connectivity index (χ0) is 28.3. The van der Waals surface area contributed by atoms with E-state index in [1.807, 2.05) is 13.8 Å². The fraction of sp³-hybridized carbons (Fsp3) is 0.826. The van der Waals surface area contributed by atoms with Crippen molar-refractivity contribution in [2.24, 2.45) is 11.8 Å². The molecule has 0 bridgehead atoms. The lowest BCUT2D eigenvalue weighted by molar-refractivity contribution is -0.222. The first-order chi connectivity index (χ1) is 16.6. The van der Waals surface area contributed by atoms with Crippen LogP contribution in [0.4, 0.5) is 0 Å². The first kappa shape index (κ1) is 33.8. The van der Waals surface area contributed by atoms with Crippen LogP contribution in [0.1, 0.15) is 59.8 Å². The van der Waals surface area contributed by atoms with Crippen molar-refractivity contribution < 1.29 is 64.4 Å². The third kappa shape index (κ3) is 9.05. The van der Waals surface area contributed by atoms with Crippen molar-refractivity contribution in [3.8, 4) is 0 Å². The fourth-order valence-corrected chi connectivity index (χ4v) is 3.06. The lowest BCUT2D eigenvalue weighted by Crippen LogP contribution is -2.66. The molecule has 36 heavy (non-hydrogen) atoms. The van der Waals surface area contributed by atoms with E-state index in [1.165, 1.54) is 0 Å². The van der Waals surface area contributed by atoms with Gasteiger partial charge in [0.1, 0.15) is 23.9 Å². The molecule has 0 fully saturated rings. The van der Waals surface area contributed by atoms with Crippen LogP contribution in [0.25, 0.3) is 0 Å². The molecule has 0 saturated carbocycles. The molecule has 0 saturated heterocycles. The molecule has 0 aliphatic heterocycles. The Morgan fingerprint density at radius 2 is 1.50 bits per heavy atom. The number of hydrogen-bond acceptors (Lipinski definition) is 12. The second kappa shape index (κ2) is 15.2. The van der Waals surface area contributed by atoms with Gasteiger partial charge in [-0.15, -0.1) is 0 Å². The summed E-state index contributed by atoms with van der Waals surface area (Å²) < 4.78 is 9.88. The van der Waals surface area contributed by atoms with Crippen molar-refractivity contribution in [2.75, 3.05) is 13.2 Å². The third-order valence-corrected chi connectivity index (χ3v) is 6.16. The highest BCUT2D eigenvalue weighted by Crippen LogP contribution is 2.25. The average molecular weight is 523 g/mol. The van der Waals surface area contributed by atoms with Crippen molar-refractivity contribution >= 4 is 24.2 Å². The maximum atomic E-state index is 12.2. The van der Waals surface area contributed by atoms with Crippen LogP contribution in [0.15, 0.2) is 0 Å². The second-order valence-electron chi connectivity index (χ2n) is 9.18. The SMILES string of the molecule is CCC(C)C(=O)OCCC(C)CCCCOC(=O)C(O)(C([O])=O)C(O)C(O)C(O)C(C)(O)C(O)[C]=O. The minimum absolute atomic E-state index is 0.163. The van der Waals surface area contributed by atoms with Gasteiger partial charge in [-0.3, -0.25) is 9.59 Å². The topological polar surface area (TPSA) is 228 Å². The number of rotatable bonds is 18. The van der Waals surface area contributed by atoms with E-state index in [4.69, 9.17) is 9.47 Å². The molecule has 0 aliphatic carbocycles. The molecule has 0 amide bonds. The van der Waals surface area contributed by atoms with Gasteiger partial charge in [0.2, 0.25) is 6.29 Å². The summed E-state index contributed by atoms with van der Waals surface area (Å²) in [6, 6.07) is 0. The van der Waals surface area contributed by atoms with Crippen molar-refractivity contribution in [1.29, 1.82) is 0 Å². The lowest BCUT2D eigenvalue weighted by atomic mass is 9.82. The van der Waals surface area contributed by atoms with Gasteiger partial charge in [0.25, 0.3) is 5.60 Å². The van der Waals surface area contributed by atoms with E-state index in [1.54, 1.807) is 6.92 Å². The maximum Gasteiger partial charge on any atom is 0.401 e. The molecular weight excluding hydrogens is 484 g/mol. The predicted molar refractivity (Wildman–Crippen MR) is 120 cm³/mol. The molecule has 2 radical (unpaired) electrons. The molecule has 13 nitrogen and oxygen atoms in total. The first-order valence-corrected chi connectivity index (χ1v) is 11.7. The van der Waals surface area contributed by atoms with Gasteiger partial charge in [-0.1, -0.05) is 27.2 Å². The van der Waals surface area contributed by atoms with E-state index < -0.39 is 47.6 Å². The standard InChI is InChI=1S/C23H38O13/c1-5-14(3)19(29)35-11-9-13(2)8-6-7-10-36-21(32)23(34,20(30)31)18(28)16(26)17(27)22(4,33)15(25)12-24/h13-18,25-28,33-34H,5-11H2,1-4H3. The van der Waals surface area contributed by atoms with Crippen LogP contribution < -0.4 is 0 Å². The van der Waals surface area contributed by atoms with E-state index in [9.17, 15) is 54.9 Å². The molecule has 0 spiro atoms. The Hall–Kier alpha value is -2.16. The molecule has 8 unspecified atom stereocenters. The highest BCUT2D eigenvalue weighted by Gasteiger charge is 2.59. The smallest absolute Gasteiger partial charge is 0.401 e. The fourth-order valence-electron chi connectivity index (χ4n) is 3.06. The minimum atomic E-state index is -3.85. The molecule has 8 atom stereocenters. The van der Waals surface area contributed by atoms with E-state index in [0.717, 1.165) is 6.29 Å². The van der Waals surface area contributed by atoms with Crippen molar-refractivity contribution in [2.45, 2.75) is 95.4 Å². The van der Waals surface area contributed by atoms with E-state index >= 15 is 0 Å². The Labute approximate surface area is 209 Å². The molecule has 13 heteroatoms. The summed E-state index contributed by atoms with van der Waals surface area (Å²) >= 11 is 0. The maximum absolute atomic E-state index is 12.2. The molecule has 0 heterocycles. The average Bonchev–Trinajstić information content (AvgIpc) is 2.84. The number of carbonyl (C=O) groups is 3. The number of ether oxygens (including phenoxy) is 2. The summed E-state index contributed by atoms with van der Waals surface area (Å²) in [7, 11) is 0. The summed E-state index contributed by atoms with van der Waals surface area (Å²) in [5, 5.41) is 71.1. The van der Waals surface area contributed by atoms with Gasteiger partial charge in [-0.25, -0.2) is 14.7 Å². The highest BCUT2D eigenvalue weighted by molar-refractivity contribution is 6.03. The van der Waals surface area contributed by atoms with Gasteiger partial charge in [0, 0.05) is 0 Å². The molecule has 0 aromatic heterocycles. The summed E-state index contributed by atoms with van der Waals surface area (Å²) in [4.78, 5) is 45.9. The number of unbranched alkanes of at least 4 members (excludes halogenated alkanes) is 1. The zero-order valence-electron chi connectivity index (χ0n) is 21.0. The quantitative estimate of drug-likeness (QED) is 0.0673. The minimum Gasteiger partial charge on any atom is -0.465 e. The van der Waals surface area contributed by atoms with Crippen LogP contribution in [0.2, 0.25) is 0 Å². The summed E-state index contributed by atoms with van der Waals surface area (Å²) in [5.41, 5.74) is -6.68. The largest absolute Gasteiger partial charge is 0.465 e. The van der Waals surface area contributed by atoms with Crippen molar-refractivity contribution in [3.63, 3.8) is 0 Å². The van der Waals surface area contributed by atoms with E-state index in [-0.39, 0.29) is 37.4 Å². The number of carbonyl (C=O) groups excluding carboxylic acids is 4. The van der Waals surface area contributed by atoms with Crippen LogP contribution >= 0.6 is 0 Å². The number of esters is 2. The van der Waals surface area contributed by atoms with Gasteiger partial charge in [-0.05, 0) is 38.5 Å². The Bertz CT molecular complexity index is 725. The van der Waals surface area contributed by atoms with Crippen LogP contribution in [-0.4, -0.2) is 104 Å². The normalized spacial score (nSPS) is 19.9. The van der Waals surface area contributed by atoms with Crippen molar-refractivity contribution in [3.05, 3.63) is 0 Å². The molecule has 0 aliphatic rings. The molecular formula is C23H38O13. The van der Waals surface area contributed by atoms with E-state index in [0.29, 0.717) is 32.6 Å². The van der Waals surface area contributed by atoms with Gasteiger partial charge in [0.15, 0.2) is 6.10 Å². The van der Waals surface area contributed by atoms with Crippen molar-refractivity contribution in [1.82, 2.24) is 0 Å². The summed E-state index contributed by atoms with van der Waals surface area (Å²) in [6.07, 6.45) is -7.07. The van der Waals surface area contributed by atoms with E-state index in [2.05, 4.69) is 0 Å². The summed E-state index contributed by atoms with van der Waals surface area (Å²) in [5.74, 6) is -4.73. The first-order valence-electron chi connectivity index (χ1n) is 11.7. The van der Waals surface area contributed by atoms with Crippen LogP contribution in [0.5, 0.6) is 0 Å². The number of aliphatic hydroxyl groups is 6. The molecule has 208 valence electrons. The van der Waals surface area contributed by atoms with Crippen LogP contribution in [0, 0.1) is 11.8 Å². The Balaban J connectivity index is 4.81. The molecule has 0 aromatic rings. The third-order valence-electron chi connectivity index (χ3n) is 6.16. The molecule has 0 rings (SSSR count). The number of hydrogen-bond donors (Lipinski definition) is 6. The second-order valence-corrected chi connectivity index (χ2v) is 9.18. The highest BCUT2D eigenvalue weighted by atomic mass is 16.6. The Morgan fingerprint density at radius 1 is 0.917 bits per heavy atom. The van der Waals surface area contributed by atoms with Gasteiger partial charge in [-0.2, -0.15) is 0 Å². The molecule has 6 N–H and O–H groups in total. The Morgan fingerprint density at radius 3 is 2.00 bits per heavy atom. The van der Waals surface area contributed by atoms with Gasteiger partial charge < -0.3 is 40.1 Å². The molecule has 0 aromatic carbocycles. The Kier molecular flexibility index (Phi) is 14.3. The number of aliphatic hydroxyl groups excluding tert-OH is 4. The summed E-state index contributed by atoms with van der Waals surface area (Å²) in [6.45, 7) is 6.14. The van der Waals surface area contributed by atoms with Crippen LogP contribution in [0.3, 0.4) is 0 Å². The lowest BCUT2D eigenvalue weighted by Gasteiger charge is -2.37.